The van der Waals surface area contributed by atoms with E-state index < -0.39 is 5.91 Å². The summed E-state index contributed by atoms with van der Waals surface area (Å²) in [6.45, 7) is -0.266. The van der Waals surface area contributed by atoms with Crippen LogP contribution in [0.15, 0.2) is 12.2 Å². The molecule has 6 nitrogen and oxygen atoms in total. The maximum Gasteiger partial charge on any atom is 0.245 e. The van der Waals surface area contributed by atoms with Crippen LogP contribution in [-0.2, 0) is 27.2 Å². The van der Waals surface area contributed by atoms with Crippen LogP contribution < -0.4 is 5.32 Å². The second-order valence-corrected chi connectivity index (χ2v) is 8.94. The molecule has 0 aromatic carbocycles. The molecule has 3 aliphatic carbocycles. The molecule has 0 radical (unpaired) electrons. The number of allylic oxidation sites excluding steroid dienone is 2. The molecule has 2 fully saturated rings. The lowest BCUT2D eigenvalue weighted by molar-refractivity contribution is -0.143. The van der Waals surface area contributed by atoms with Gasteiger partial charge in [0.15, 0.2) is 0 Å². The molecule has 4 atom stereocenters. The van der Waals surface area contributed by atoms with Gasteiger partial charge in [-0.3, -0.25) is 19.3 Å². The van der Waals surface area contributed by atoms with Crippen LogP contribution in [0, 0.1) is 35.0 Å². The van der Waals surface area contributed by atoms with Crippen LogP contribution >= 0.6 is 11.3 Å². The van der Waals surface area contributed by atoms with Gasteiger partial charge in [0.1, 0.15) is 17.6 Å². The Morgan fingerprint density at radius 2 is 1.85 bits per heavy atom. The average molecular weight is 381 g/mol. The molecule has 1 aromatic rings. The Kier molecular flexibility index (Phi) is 3.73. The van der Waals surface area contributed by atoms with Crippen LogP contribution in [0.3, 0.4) is 0 Å². The van der Waals surface area contributed by atoms with Crippen LogP contribution in [0.5, 0.6) is 0 Å². The van der Waals surface area contributed by atoms with Gasteiger partial charge in [0.05, 0.1) is 17.4 Å². The zero-order valence-corrected chi connectivity index (χ0v) is 15.6. The number of carbonyl (C=O) groups is 3. The standard InChI is InChI=1S/C20H19N3O3S/c21-8-13-12-3-1-2-4-14(12)27-18(13)22-15(24)9-23-19(25)16-10-5-6-11(7-10)17(16)20(23)26/h5-6,10-11,16-17H,1-4,7,9H2,(H,22,24). The third kappa shape index (κ3) is 2.39. The molecule has 27 heavy (non-hydrogen) atoms. The summed E-state index contributed by atoms with van der Waals surface area (Å²) >= 11 is 1.45. The molecule has 5 rings (SSSR count). The largest absolute Gasteiger partial charge is 0.315 e. The number of thiophene rings is 1. The van der Waals surface area contributed by atoms with Crippen molar-refractivity contribution in [3.8, 4) is 6.07 Å². The Morgan fingerprint density at radius 1 is 1.19 bits per heavy atom. The predicted molar refractivity (Wildman–Crippen MR) is 98.7 cm³/mol. The summed E-state index contributed by atoms with van der Waals surface area (Å²) in [7, 11) is 0. The molecule has 4 aliphatic rings. The number of amides is 3. The van der Waals surface area contributed by atoms with E-state index in [1.807, 2.05) is 12.2 Å². The van der Waals surface area contributed by atoms with E-state index in [1.165, 1.54) is 16.2 Å². The van der Waals surface area contributed by atoms with E-state index in [0.29, 0.717) is 10.6 Å². The van der Waals surface area contributed by atoms with Gasteiger partial charge in [0, 0.05) is 4.88 Å². The molecule has 0 spiro atoms. The first kappa shape index (κ1) is 16.7. The minimum atomic E-state index is -0.410. The molecule has 3 amide bonds. The summed E-state index contributed by atoms with van der Waals surface area (Å²) in [6, 6.07) is 2.21. The van der Waals surface area contributed by atoms with Gasteiger partial charge in [-0.05, 0) is 49.5 Å². The predicted octanol–water partition coefficient (Wildman–Crippen LogP) is 2.24. The fourth-order valence-electron chi connectivity index (χ4n) is 5.20. The minimum absolute atomic E-state index is 0.138. The average Bonchev–Trinajstić information content (AvgIpc) is 3.40. The number of nitriles is 1. The summed E-state index contributed by atoms with van der Waals surface area (Å²) < 4.78 is 0. The topological polar surface area (TPSA) is 90.3 Å². The van der Waals surface area contributed by atoms with Crippen molar-refractivity contribution < 1.29 is 14.4 Å². The number of likely N-dealkylation sites (tertiary alicyclic amines) is 1. The number of aryl methyl sites for hydroxylation is 1. The Labute approximate surface area is 160 Å². The molecule has 1 N–H and O–H groups in total. The number of nitrogens with one attached hydrogen (secondary N) is 1. The molecule has 7 heteroatoms. The molecule has 138 valence electrons. The highest BCUT2D eigenvalue weighted by atomic mass is 32.1. The smallest absolute Gasteiger partial charge is 0.245 e. The van der Waals surface area contributed by atoms with Crippen LogP contribution in [0.1, 0.15) is 35.3 Å². The third-order valence-corrected chi connectivity index (χ3v) is 7.61. The van der Waals surface area contributed by atoms with Crippen LogP contribution in [0.25, 0.3) is 0 Å². The lowest BCUT2D eigenvalue weighted by Crippen LogP contribution is -2.39. The number of nitrogens with zero attached hydrogens (tertiary/aromatic N) is 2. The van der Waals surface area contributed by atoms with Crippen molar-refractivity contribution in [2.24, 2.45) is 23.7 Å². The molecule has 4 unspecified atom stereocenters. The van der Waals surface area contributed by atoms with Crippen LogP contribution in [0.4, 0.5) is 5.00 Å². The first-order chi connectivity index (χ1) is 13.1. The molecular formula is C20H19N3O3S. The SMILES string of the molecule is N#Cc1c(NC(=O)CN2C(=O)C3C4C=CC(C4)C3C2=O)sc2c1CCCC2. The summed E-state index contributed by atoms with van der Waals surface area (Å²) in [4.78, 5) is 40.2. The van der Waals surface area contributed by atoms with Crippen molar-refractivity contribution in [3.05, 3.63) is 28.2 Å². The highest BCUT2D eigenvalue weighted by Gasteiger charge is 2.59. The molecule has 1 aromatic heterocycles. The highest BCUT2D eigenvalue weighted by molar-refractivity contribution is 7.16. The number of imide groups is 1. The van der Waals surface area contributed by atoms with Crippen molar-refractivity contribution in [1.29, 1.82) is 5.26 Å². The minimum Gasteiger partial charge on any atom is -0.315 e. The van der Waals surface area contributed by atoms with E-state index in [1.54, 1.807) is 0 Å². The van der Waals surface area contributed by atoms with Gasteiger partial charge in [0.2, 0.25) is 17.7 Å². The Balaban J connectivity index is 1.32. The molecule has 2 bridgehead atoms. The Bertz CT molecular complexity index is 911. The molecular weight excluding hydrogens is 362 g/mol. The maximum atomic E-state index is 12.7. The number of fused-ring (bicyclic) bond motifs is 6. The van der Waals surface area contributed by atoms with E-state index in [4.69, 9.17) is 0 Å². The molecule has 2 heterocycles. The third-order valence-electron chi connectivity index (χ3n) is 6.40. The van der Waals surface area contributed by atoms with Gasteiger partial charge >= 0.3 is 0 Å². The first-order valence-corrected chi connectivity index (χ1v) is 10.3. The zero-order chi connectivity index (χ0) is 18.7. The Morgan fingerprint density at radius 3 is 2.52 bits per heavy atom. The summed E-state index contributed by atoms with van der Waals surface area (Å²) in [5, 5.41) is 12.8. The number of anilines is 1. The fraction of sp³-hybridized carbons (Fsp3) is 0.500. The Hall–Kier alpha value is -2.46. The van der Waals surface area contributed by atoms with Gasteiger partial charge in [0.25, 0.3) is 0 Å². The van der Waals surface area contributed by atoms with Crippen molar-refractivity contribution in [2.45, 2.75) is 32.1 Å². The molecule has 1 aliphatic heterocycles. The zero-order valence-electron chi connectivity index (χ0n) is 14.7. The summed E-state index contributed by atoms with van der Waals surface area (Å²) in [5.41, 5.74) is 1.59. The number of hydrogen-bond acceptors (Lipinski definition) is 5. The van der Waals surface area contributed by atoms with Gasteiger partial charge < -0.3 is 5.32 Å². The number of rotatable bonds is 3. The maximum absolute atomic E-state index is 12.7. The van der Waals surface area contributed by atoms with Crippen LogP contribution in [0.2, 0.25) is 0 Å². The van der Waals surface area contributed by atoms with E-state index in [0.717, 1.165) is 42.6 Å². The summed E-state index contributed by atoms with van der Waals surface area (Å²) in [6.07, 6.45) is 8.91. The van der Waals surface area contributed by atoms with Gasteiger partial charge in [-0.2, -0.15) is 5.26 Å². The van der Waals surface area contributed by atoms with E-state index in [2.05, 4.69) is 11.4 Å². The van der Waals surface area contributed by atoms with Crippen molar-refractivity contribution in [3.63, 3.8) is 0 Å². The highest BCUT2D eigenvalue weighted by Crippen LogP contribution is 2.52. The van der Waals surface area contributed by atoms with E-state index in [9.17, 15) is 19.6 Å². The summed E-state index contributed by atoms with van der Waals surface area (Å²) in [5.74, 6) is -1.15. The van der Waals surface area contributed by atoms with Crippen LogP contribution in [-0.4, -0.2) is 29.2 Å². The normalized spacial score (nSPS) is 30.4. The fourth-order valence-corrected chi connectivity index (χ4v) is 6.46. The molecule has 1 saturated carbocycles. The van der Waals surface area contributed by atoms with E-state index in [-0.39, 0.29) is 42.0 Å². The lowest BCUT2D eigenvalue weighted by atomic mass is 9.85. The van der Waals surface area contributed by atoms with Crippen molar-refractivity contribution in [2.75, 3.05) is 11.9 Å². The monoisotopic (exact) mass is 381 g/mol. The molecule has 1 saturated heterocycles. The lowest BCUT2D eigenvalue weighted by Gasteiger charge is -2.16. The van der Waals surface area contributed by atoms with Gasteiger partial charge in [-0.1, -0.05) is 12.2 Å². The number of hydrogen-bond donors (Lipinski definition) is 1. The van der Waals surface area contributed by atoms with Gasteiger partial charge in [-0.15, -0.1) is 11.3 Å². The number of carbonyl (C=O) groups excluding carboxylic acids is 3. The first-order valence-electron chi connectivity index (χ1n) is 9.46. The quantitative estimate of drug-likeness (QED) is 0.642. The van der Waals surface area contributed by atoms with E-state index >= 15 is 0 Å². The van der Waals surface area contributed by atoms with Crippen molar-refractivity contribution >= 4 is 34.1 Å². The van der Waals surface area contributed by atoms with Gasteiger partial charge in [-0.25, -0.2) is 0 Å². The van der Waals surface area contributed by atoms with Crippen molar-refractivity contribution in [1.82, 2.24) is 4.90 Å². The second-order valence-electron chi connectivity index (χ2n) is 7.84. The second kappa shape index (κ2) is 6.03.